The van der Waals surface area contributed by atoms with Crippen molar-refractivity contribution < 1.29 is 9.21 Å². The highest BCUT2D eigenvalue weighted by Gasteiger charge is 2.08. The quantitative estimate of drug-likeness (QED) is 0.759. The lowest BCUT2D eigenvalue weighted by Crippen LogP contribution is -1.96. The number of ketones is 1. The van der Waals surface area contributed by atoms with Crippen LogP contribution in [0.5, 0.6) is 0 Å². The minimum absolute atomic E-state index is 0.106. The van der Waals surface area contributed by atoms with E-state index in [4.69, 9.17) is 16.0 Å². The van der Waals surface area contributed by atoms with Crippen molar-refractivity contribution in [2.24, 2.45) is 0 Å². The molecule has 0 fully saturated rings. The number of carbonyl (C=O) groups excluding carboxylic acids is 1. The van der Waals surface area contributed by atoms with E-state index in [1.807, 2.05) is 12.1 Å². The first-order valence-corrected chi connectivity index (χ1v) is 4.70. The van der Waals surface area contributed by atoms with Crippen LogP contribution in [0.25, 0.3) is 11.0 Å². The minimum Gasteiger partial charge on any atom is -0.464 e. The van der Waals surface area contributed by atoms with Gasteiger partial charge in [0.25, 0.3) is 0 Å². The molecule has 0 aliphatic rings. The number of furan rings is 1. The summed E-state index contributed by atoms with van der Waals surface area (Å²) in [6.45, 7) is 1.55. The summed E-state index contributed by atoms with van der Waals surface area (Å²) in [4.78, 5) is 11.0. The molecule has 2 nitrogen and oxygen atoms in total. The van der Waals surface area contributed by atoms with Crippen molar-refractivity contribution in [3.8, 4) is 0 Å². The predicted octanol–water partition coefficient (Wildman–Crippen LogP) is 3.22. The molecule has 0 saturated heterocycles. The maximum absolute atomic E-state index is 11.0. The molecule has 2 rings (SSSR count). The molecule has 0 saturated carbocycles. The third kappa shape index (κ3) is 1.53. The van der Waals surface area contributed by atoms with Gasteiger partial charge in [0.2, 0.25) is 0 Å². The lowest BCUT2D eigenvalue weighted by atomic mass is 10.1. The van der Waals surface area contributed by atoms with E-state index < -0.39 is 0 Å². The Kier molecular flexibility index (Phi) is 2.30. The number of halogens is 1. The number of Topliss-reactive ketones (excluding diaryl/α,β-unsaturated/α-hetero) is 1. The van der Waals surface area contributed by atoms with Crippen molar-refractivity contribution in [3.05, 3.63) is 35.0 Å². The largest absolute Gasteiger partial charge is 0.464 e. The molecular formula is C11H9ClO2. The van der Waals surface area contributed by atoms with E-state index in [0.29, 0.717) is 11.4 Å². The first-order chi connectivity index (χ1) is 6.68. The van der Waals surface area contributed by atoms with Crippen LogP contribution in [-0.4, -0.2) is 5.78 Å². The summed E-state index contributed by atoms with van der Waals surface area (Å²) in [5, 5.41) is 1.48. The number of benzene rings is 1. The Labute approximate surface area is 86.5 Å². The number of carbonyl (C=O) groups is 1. The molecule has 2 aromatic rings. The van der Waals surface area contributed by atoms with E-state index in [-0.39, 0.29) is 5.78 Å². The molecule has 0 radical (unpaired) electrons. The number of rotatable bonds is 2. The average molecular weight is 209 g/mol. The summed E-state index contributed by atoms with van der Waals surface area (Å²) in [6.07, 6.45) is 1.97. The van der Waals surface area contributed by atoms with Gasteiger partial charge in [0.15, 0.2) is 0 Å². The molecule has 14 heavy (non-hydrogen) atoms. The van der Waals surface area contributed by atoms with Crippen molar-refractivity contribution in [2.75, 3.05) is 0 Å². The zero-order valence-electron chi connectivity index (χ0n) is 7.71. The molecule has 0 bridgehead atoms. The molecular weight excluding hydrogens is 200 g/mol. The molecule has 1 heterocycles. The fraction of sp³-hybridized carbons (Fsp3) is 0.182. The maximum atomic E-state index is 11.0. The zero-order chi connectivity index (χ0) is 10.1. The summed E-state index contributed by atoms with van der Waals surface area (Å²) in [5.41, 5.74) is 1.61. The van der Waals surface area contributed by atoms with Gasteiger partial charge in [-0.1, -0.05) is 17.7 Å². The van der Waals surface area contributed by atoms with E-state index in [9.17, 15) is 4.79 Å². The summed E-state index contributed by atoms with van der Waals surface area (Å²) >= 11 is 6.11. The van der Waals surface area contributed by atoms with Gasteiger partial charge in [0.05, 0.1) is 11.3 Å². The Morgan fingerprint density at radius 2 is 2.21 bits per heavy atom. The minimum atomic E-state index is 0.106. The third-order valence-corrected chi connectivity index (χ3v) is 2.54. The van der Waals surface area contributed by atoms with Crippen molar-refractivity contribution in [2.45, 2.75) is 13.3 Å². The summed E-state index contributed by atoms with van der Waals surface area (Å²) in [7, 11) is 0. The molecule has 0 unspecified atom stereocenters. The van der Waals surface area contributed by atoms with Crippen LogP contribution in [0.2, 0.25) is 5.02 Å². The van der Waals surface area contributed by atoms with Gasteiger partial charge in [-0.05, 0) is 24.6 Å². The van der Waals surface area contributed by atoms with E-state index in [1.54, 1.807) is 19.3 Å². The molecule has 1 aromatic carbocycles. The lowest BCUT2D eigenvalue weighted by Gasteiger charge is -2.01. The van der Waals surface area contributed by atoms with E-state index in [1.165, 1.54) is 0 Å². The second-order valence-electron chi connectivity index (χ2n) is 3.25. The fourth-order valence-electron chi connectivity index (χ4n) is 1.46. The smallest absolute Gasteiger partial charge is 0.135 e. The van der Waals surface area contributed by atoms with E-state index >= 15 is 0 Å². The first-order valence-electron chi connectivity index (χ1n) is 4.32. The normalized spacial score (nSPS) is 10.7. The second-order valence-corrected chi connectivity index (χ2v) is 3.63. The number of hydrogen-bond acceptors (Lipinski definition) is 2. The van der Waals surface area contributed by atoms with Crippen LogP contribution in [0.3, 0.4) is 0 Å². The monoisotopic (exact) mass is 208 g/mol. The van der Waals surface area contributed by atoms with Crippen molar-refractivity contribution in [1.29, 1.82) is 0 Å². The first kappa shape index (κ1) is 9.28. The van der Waals surface area contributed by atoms with Crippen LogP contribution in [0.4, 0.5) is 0 Å². The number of hydrogen-bond donors (Lipinski definition) is 0. The van der Waals surface area contributed by atoms with Gasteiger partial charge in [-0.2, -0.15) is 0 Å². The molecule has 0 atom stereocenters. The second kappa shape index (κ2) is 3.46. The highest BCUT2D eigenvalue weighted by atomic mass is 35.5. The molecule has 0 spiro atoms. The SMILES string of the molecule is CC(=O)Cc1ccc2occc2c1Cl. The molecule has 0 aliphatic heterocycles. The van der Waals surface area contributed by atoms with Gasteiger partial charge in [-0.15, -0.1) is 0 Å². The third-order valence-electron chi connectivity index (χ3n) is 2.09. The van der Waals surface area contributed by atoms with E-state index in [2.05, 4.69) is 0 Å². The van der Waals surface area contributed by atoms with Crippen LogP contribution >= 0.6 is 11.6 Å². The van der Waals surface area contributed by atoms with Gasteiger partial charge in [0.1, 0.15) is 11.4 Å². The summed E-state index contributed by atoms with van der Waals surface area (Å²) < 4.78 is 5.19. The van der Waals surface area contributed by atoms with Gasteiger partial charge in [-0.25, -0.2) is 0 Å². The maximum Gasteiger partial charge on any atom is 0.135 e. The Morgan fingerprint density at radius 1 is 1.43 bits per heavy atom. The van der Waals surface area contributed by atoms with E-state index in [0.717, 1.165) is 16.5 Å². The predicted molar refractivity (Wildman–Crippen MR) is 55.6 cm³/mol. The molecule has 3 heteroatoms. The summed E-state index contributed by atoms with van der Waals surface area (Å²) in [6, 6.07) is 5.47. The van der Waals surface area contributed by atoms with Crippen LogP contribution in [0.1, 0.15) is 12.5 Å². The van der Waals surface area contributed by atoms with Gasteiger partial charge in [0, 0.05) is 11.8 Å². The van der Waals surface area contributed by atoms with Gasteiger partial charge < -0.3 is 4.42 Å². The van der Waals surface area contributed by atoms with Gasteiger partial charge >= 0.3 is 0 Å². The van der Waals surface area contributed by atoms with Crippen molar-refractivity contribution in [1.82, 2.24) is 0 Å². The molecule has 1 aromatic heterocycles. The van der Waals surface area contributed by atoms with Crippen molar-refractivity contribution >= 4 is 28.4 Å². The highest BCUT2D eigenvalue weighted by Crippen LogP contribution is 2.28. The zero-order valence-corrected chi connectivity index (χ0v) is 8.47. The Hall–Kier alpha value is -1.28. The fourth-order valence-corrected chi connectivity index (χ4v) is 1.74. The Bertz CT molecular complexity index is 485. The van der Waals surface area contributed by atoms with Crippen LogP contribution in [0, 0.1) is 0 Å². The van der Waals surface area contributed by atoms with Gasteiger partial charge in [-0.3, -0.25) is 4.79 Å². The molecule has 0 amide bonds. The average Bonchev–Trinajstić information content (AvgIpc) is 2.57. The molecule has 72 valence electrons. The van der Waals surface area contributed by atoms with Crippen LogP contribution in [-0.2, 0) is 11.2 Å². The Balaban J connectivity index is 2.56. The lowest BCUT2D eigenvalue weighted by molar-refractivity contribution is -0.116. The standard InChI is InChI=1S/C11H9ClO2/c1-7(13)6-8-2-3-10-9(11(8)12)4-5-14-10/h2-5H,6H2,1H3. The molecule has 0 N–H and O–H groups in total. The van der Waals surface area contributed by atoms with Crippen molar-refractivity contribution in [3.63, 3.8) is 0 Å². The summed E-state index contributed by atoms with van der Waals surface area (Å²) in [5.74, 6) is 0.106. The van der Waals surface area contributed by atoms with Crippen LogP contribution in [0.15, 0.2) is 28.9 Å². The Morgan fingerprint density at radius 3 is 2.93 bits per heavy atom. The number of fused-ring (bicyclic) bond motifs is 1. The molecule has 0 aliphatic carbocycles. The topological polar surface area (TPSA) is 30.2 Å². The highest BCUT2D eigenvalue weighted by molar-refractivity contribution is 6.36. The van der Waals surface area contributed by atoms with Crippen LogP contribution < -0.4 is 0 Å².